The Morgan fingerprint density at radius 2 is 1.89 bits per heavy atom. The molecule has 0 bridgehead atoms. The molecule has 0 aromatic heterocycles. The summed E-state index contributed by atoms with van der Waals surface area (Å²) in [5.41, 5.74) is 8.29. The molecule has 2 N–H and O–H groups in total. The van der Waals surface area contributed by atoms with Crippen LogP contribution in [0.3, 0.4) is 0 Å². The Balaban J connectivity index is 2.10. The topological polar surface area (TPSA) is 38.5 Å². The molecular formula is C15H24N2O. The number of benzene rings is 1. The van der Waals surface area contributed by atoms with Gasteiger partial charge < -0.3 is 15.4 Å². The third-order valence-corrected chi connectivity index (χ3v) is 3.60. The second-order valence-corrected chi connectivity index (χ2v) is 5.01. The van der Waals surface area contributed by atoms with Crippen molar-refractivity contribution in [2.45, 2.75) is 32.2 Å². The Kier molecular flexibility index (Phi) is 5.02. The highest BCUT2D eigenvalue weighted by Crippen LogP contribution is 2.23. The number of nitrogens with two attached hydrogens (primary N) is 1. The number of nitrogens with zero attached hydrogens (tertiary/aromatic N) is 1. The molecule has 0 atom stereocenters. The maximum absolute atomic E-state index is 5.66. The highest BCUT2D eigenvalue weighted by Gasteiger charge is 2.21. The molecule has 0 saturated carbocycles. The van der Waals surface area contributed by atoms with Crippen molar-refractivity contribution >= 4 is 5.69 Å². The fourth-order valence-electron chi connectivity index (χ4n) is 2.52. The molecule has 3 nitrogen and oxygen atoms in total. The third kappa shape index (κ3) is 3.47. The molecule has 100 valence electrons. The zero-order chi connectivity index (χ0) is 12.8. The van der Waals surface area contributed by atoms with Gasteiger partial charge >= 0.3 is 0 Å². The van der Waals surface area contributed by atoms with Crippen molar-refractivity contribution in [2.75, 3.05) is 31.2 Å². The van der Waals surface area contributed by atoms with E-state index in [4.69, 9.17) is 10.5 Å². The van der Waals surface area contributed by atoms with Crippen LogP contribution in [-0.4, -0.2) is 32.3 Å². The first kappa shape index (κ1) is 13.4. The predicted molar refractivity (Wildman–Crippen MR) is 76.0 cm³/mol. The first-order valence-corrected chi connectivity index (χ1v) is 6.92. The summed E-state index contributed by atoms with van der Waals surface area (Å²) in [5, 5.41) is 0. The monoisotopic (exact) mass is 248 g/mol. The molecule has 0 spiro atoms. The Morgan fingerprint density at radius 1 is 1.22 bits per heavy atom. The molecule has 0 radical (unpaired) electrons. The number of ether oxygens (including phenoxy) is 1. The van der Waals surface area contributed by atoms with E-state index in [1.54, 1.807) is 0 Å². The summed E-state index contributed by atoms with van der Waals surface area (Å²) in [6, 6.07) is 9.42. The van der Waals surface area contributed by atoms with E-state index < -0.39 is 0 Å². The maximum atomic E-state index is 5.66. The van der Waals surface area contributed by atoms with Crippen molar-refractivity contribution < 1.29 is 4.74 Å². The van der Waals surface area contributed by atoms with Gasteiger partial charge in [0.05, 0.1) is 0 Å². The van der Waals surface area contributed by atoms with Crippen LogP contribution in [0, 0.1) is 6.92 Å². The van der Waals surface area contributed by atoms with Crippen LogP contribution in [0.2, 0.25) is 0 Å². The molecule has 2 rings (SSSR count). The number of rotatable bonds is 5. The van der Waals surface area contributed by atoms with Crippen LogP contribution in [0.25, 0.3) is 0 Å². The van der Waals surface area contributed by atoms with E-state index in [9.17, 15) is 0 Å². The lowest BCUT2D eigenvalue weighted by Gasteiger charge is -2.36. The molecule has 1 heterocycles. The Hall–Kier alpha value is -1.06. The van der Waals surface area contributed by atoms with E-state index >= 15 is 0 Å². The quantitative estimate of drug-likeness (QED) is 0.869. The zero-order valence-corrected chi connectivity index (χ0v) is 11.3. The largest absolute Gasteiger partial charge is 0.381 e. The molecular weight excluding hydrogens is 224 g/mol. The third-order valence-electron chi connectivity index (χ3n) is 3.60. The van der Waals surface area contributed by atoms with Crippen LogP contribution in [0.15, 0.2) is 24.3 Å². The Labute approximate surface area is 110 Å². The molecule has 1 fully saturated rings. The van der Waals surface area contributed by atoms with E-state index in [-0.39, 0.29) is 0 Å². The van der Waals surface area contributed by atoms with Gasteiger partial charge in [-0.2, -0.15) is 0 Å². The summed E-state index contributed by atoms with van der Waals surface area (Å²) in [7, 11) is 0. The number of hydrogen-bond donors (Lipinski definition) is 1. The summed E-state index contributed by atoms with van der Waals surface area (Å²) in [4.78, 5) is 2.51. The molecule has 1 saturated heterocycles. The van der Waals surface area contributed by atoms with Gasteiger partial charge in [0.2, 0.25) is 0 Å². The lowest BCUT2D eigenvalue weighted by atomic mass is 10.1. The van der Waals surface area contributed by atoms with Gasteiger partial charge in [0.15, 0.2) is 0 Å². The zero-order valence-electron chi connectivity index (χ0n) is 11.3. The van der Waals surface area contributed by atoms with Gasteiger partial charge in [0.25, 0.3) is 0 Å². The summed E-state index contributed by atoms with van der Waals surface area (Å²) in [5.74, 6) is 0. The van der Waals surface area contributed by atoms with E-state index in [1.165, 1.54) is 11.3 Å². The number of aryl methyl sites for hydroxylation is 1. The molecule has 1 aliphatic rings. The Morgan fingerprint density at radius 3 is 2.50 bits per heavy atom. The molecule has 0 amide bonds. The van der Waals surface area contributed by atoms with Crippen LogP contribution in [0.1, 0.15) is 24.8 Å². The first-order valence-electron chi connectivity index (χ1n) is 6.92. The fraction of sp³-hybridized carbons (Fsp3) is 0.600. The molecule has 0 unspecified atom stereocenters. The van der Waals surface area contributed by atoms with Crippen molar-refractivity contribution in [3.8, 4) is 0 Å². The molecule has 1 aromatic carbocycles. The summed E-state index contributed by atoms with van der Waals surface area (Å²) in [6.45, 7) is 5.70. The highest BCUT2D eigenvalue weighted by atomic mass is 16.5. The highest BCUT2D eigenvalue weighted by molar-refractivity contribution is 5.48. The minimum absolute atomic E-state index is 0.605. The molecule has 3 heteroatoms. The smallest absolute Gasteiger partial charge is 0.0485 e. The van der Waals surface area contributed by atoms with Gasteiger partial charge in [-0.25, -0.2) is 0 Å². The summed E-state index contributed by atoms with van der Waals surface area (Å²) in [6.07, 6.45) is 3.29. The number of anilines is 1. The van der Waals surface area contributed by atoms with Crippen molar-refractivity contribution in [3.05, 3.63) is 29.8 Å². The van der Waals surface area contributed by atoms with Crippen LogP contribution in [0.4, 0.5) is 5.69 Å². The maximum Gasteiger partial charge on any atom is 0.0485 e. The van der Waals surface area contributed by atoms with Crippen LogP contribution in [-0.2, 0) is 4.74 Å². The second-order valence-electron chi connectivity index (χ2n) is 5.01. The first-order chi connectivity index (χ1) is 8.81. The molecule has 1 aliphatic heterocycles. The van der Waals surface area contributed by atoms with Gasteiger partial charge in [-0.1, -0.05) is 17.7 Å². The SMILES string of the molecule is Cc1ccc(N(CCCN)C2CCOCC2)cc1. The van der Waals surface area contributed by atoms with Crippen LogP contribution in [0.5, 0.6) is 0 Å². The summed E-state index contributed by atoms with van der Waals surface area (Å²) >= 11 is 0. The average Bonchev–Trinajstić information content (AvgIpc) is 2.42. The second kappa shape index (κ2) is 6.76. The van der Waals surface area contributed by atoms with Crippen molar-refractivity contribution in [1.29, 1.82) is 0 Å². The van der Waals surface area contributed by atoms with Crippen LogP contribution < -0.4 is 10.6 Å². The van der Waals surface area contributed by atoms with Crippen molar-refractivity contribution in [2.24, 2.45) is 5.73 Å². The molecule has 0 aliphatic carbocycles. The van der Waals surface area contributed by atoms with Crippen molar-refractivity contribution in [3.63, 3.8) is 0 Å². The predicted octanol–water partition coefficient (Wildman–Crippen LogP) is 2.33. The van der Waals surface area contributed by atoms with Gasteiger partial charge in [-0.15, -0.1) is 0 Å². The van der Waals surface area contributed by atoms with E-state index in [0.29, 0.717) is 6.04 Å². The van der Waals surface area contributed by atoms with Gasteiger partial charge in [0.1, 0.15) is 0 Å². The van der Waals surface area contributed by atoms with E-state index in [2.05, 4.69) is 36.1 Å². The number of hydrogen-bond acceptors (Lipinski definition) is 3. The van der Waals surface area contributed by atoms with E-state index in [1.807, 2.05) is 0 Å². The average molecular weight is 248 g/mol. The van der Waals surface area contributed by atoms with Crippen molar-refractivity contribution in [1.82, 2.24) is 0 Å². The normalized spacial score (nSPS) is 16.8. The summed E-state index contributed by atoms with van der Waals surface area (Å²) < 4.78 is 5.46. The molecule has 1 aromatic rings. The van der Waals surface area contributed by atoms with Gasteiger partial charge in [-0.05, 0) is 44.9 Å². The Bertz CT molecular complexity index is 344. The fourth-order valence-corrected chi connectivity index (χ4v) is 2.52. The molecule has 18 heavy (non-hydrogen) atoms. The van der Waals surface area contributed by atoms with Gasteiger partial charge in [0, 0.05) is 31.5 Å². The minimum Gasteiger partial charge on any atom is -0.381 e. The lowest BCUT2D eigenvalue weighted by molar-refractivity contribution is 0.0844. The standard InChI is InChI=1S/C15H24N2O/c1-13-3-5-14(6-4-13)17(10-2-9-16)15-7-11-18-12-8-15/h3-6,15H,2,7-12,16H2,1H3. The van der Waals surface area contributed by atoms with E-state index in [0.717, 1.165) is 45.6 Å². The van der Waals surface area contributed by atoms with Crippen LogP contribution >= 0.6 is 0 Å². The van der Waals surface area contributed by atoms with Gasteiger partial charge in [-0.3, -0.25) is 0 Å². The lowest BCUT2D eigenvalue weighted by Crippen LogP contribution is -2.40. The minimum atomic E-state index is 0.605.